The number of aliphatic hydroxyl groups excluding tert-OH is 1. The summed E-state index contributed by atoms with van der Waals surface area (Å²) in [7, 11) is 2.00. The van der Waals surface area contributed by atoms with Crippen LogP contribution in [0, 0.1) is 11.7 Å². The van der Waals surface area contributed by atoms with E-state index < -0.39 is 0 Å². The predicted octanol–water partition coefficient (Wildman–Crippen LogP) is 1.61. The molecule has 3 N–H and O–H groups in total. The maximum atomic E-state index is 13.1. The van der Waals surface area contributed by atoms with Crippen molar-refractivity contribution in [1.29, 1.82) is 0 Å². The monoisotopic (exact) mass is 238 g/mol. The molecular formula is C13H19FN2O. The molecule has 0 unspecified atom stereocenters. The quantitative estimate of drug-likeness (QED) is 0.783. The third kappa shape index (κ3) is 3.17. The van der Waals surface area contributed by atoms with Gasteiger partial charge in [0.05, 0.1) is 6.10 Å². The van der Waals surface area contributed by atoms with Crippen molar-refractivity contribution >= 4 is 5.69 Å². The first kappa shape index (κ1) is 12.3. The number of nitrogens with zero attached hydrogens (tertiary/aromatic N) is 1. The number of rotatable bonds is 4. The van der Waals surface area contributed by atoms with Crippen LogP contribution in [0.25, 0.3) is 0 Å². The van der Waals surface area contributed by atoms with Crippen LogP contribution in [-0.2, 0) is 6.54 Å². The van der Waals surface area contributed by atoms with Crippen LogP contribution in [0.5, 0.6) is 0 Å². The average molecular weight is 238 g/mol. The summed E-state index contributed by atoms with van der Waals surface area (Å²) in [6.45, 7) is 1.57. The van der Waals surface area contributed by atoms with E-state index in [1.807, 2.05) is 7.05 Å². The van der Waals surface area contributed by atoms with E-state index in [9.17, 15) is 9.50 Å². The van der Waals surface area contributed by atoms with E-state index in [2.05, 4.69) is 4.90 Å². The molecule has 0 saturated heterocycles. The lowest BCUT2D eigenvalue weighted by Gasteiger charge is -2.34. The highest BCUT2D eigenvalue weighted by atomic mass is 19.1. The Morgan fingerprint density at radius 1 is 1.47 bits per heavy atom. The van der Waals surface area contributed by atoms with Crippen molar-refractivity contribution in [2.75, 3.05) is 19.3 Å². The molecular weight excluding hydrogens is 219 g/mol. The molecule has 0 atom stereocenters. The van der Waals surface area contributed by atoms with Gasteiger partial charge in [-0.3, -0.25) is 0 Å². The molecule has 0 amide bonds. The summed E-state index contributed by atoms with van der Waals surface area (Å²) in [6, 6.07) is 4.47. The molecule has 0 heterocycles. The van der Waals surface area contributed by atoms with Crippen molar-refractivity contribution in [3.05, 3.63) is 29.6 Å². The zero-order chi connectivity index (χ0) is 12.4. The maximum absolute atomic E-state index is 13.1. The molecule has 17 heavy (non-hydrogen) atoms. The Morgan fingerprint density at radius 3 is 2.82 bits per heavy atom. The van der Waals surface area contributed by atoms with Gasteiger partial charge >= 0.3 is 0 Å². The van der Waals surface area contributed by atoms with Gasteiger partial charge < -0.3 is 15.7 Å². The fraction of sp³-hybridized carbons (Fsp3) is 0.538. The molecule has 3 nitrogen and oxygen atoms in total. The minimum Gasteiger partial charge on any atom is -0.398 e. The molecule has 2 rings (SSSR count). The number of nitrogen functional groups attached to an aromatic ring is 1. The molecule has 0 spiro atoms. The number of hydrogen-bond acceptors (Lipinski definition) is 3. The molecule has 0 bridgehead atoms. The van der Waals surface area contributed by atoms with E-state index in [1.165, 1.54) is 12.1 Å². The van der Waals surface area contributed by atoms with Crippen LogP contribution in [0.2, 0.25) is 0 Å². The molecule has 1 saturated carbocycles. The highest BCUT2D eigenvalue weighted by Crippen LogP contribution is 2.28. The molecule has 1 aromatic rings. The summed E-state index contributed by atoms with van der Waals surface area (Å²) in [4.78, 5) is 2.13. The molecule has 94 valence electrons. The second-order valence-electron chi connectivity index (χ2n) is 5.03. The standard InChI is InChI=1S/C13H19FN2O/c1-16(7-9-4-12(17)5-9)8-10-6-11(14)2-3-13(10)15/h2-3,6,9,12,17H,4-5,7-8,15H2,1H3. The van der Waals surface area contributed by atoms with Crippen LogP contribution in [0.1, 0.15) is 18.4 Å². The lowest BCUT2D eigenvalue weighted by atomic mass is 9.82. The number of benzene rings is 1. The smallest absolute Gasteiger partial charge is 0.123 e. The van der Waals surface area contributed by atoms with Crippen molar-refractivity contribution in [3.8, 4) is 0 Å². The Hall–Kier alpha value is -1.13. The fourth-order valence-corrected chi connectivity index (χ4v) is 2.36. The van der Waals surface area contributed by atoms with E-state index in [0.29, 0.717) is 18.2 Å². The Balaban J connectivity index is 1.89. The lowest BCUT2D eigenvalue weighted by molar-refractivity contribution is 0.0274. The first-order valence-electron chi connectivity index (χ1n) is 5.95. The minimum atomic E-state index is -0.248. The van der Waals surface area contributed by atoms with E-state index >= 15 is 0 Å². The van der Waals surface area contributed by atoms with Crippen molar-refractivity contribution in [2.45, 2.75) is 25.5 Å². The van der Waals surface area contributed by atoms with Gasteiger partial charge in [-0.2, -0.15) is 0 Å². The molecule has 0 aromatic heterocycles. The van der Waals surface area contributed by atoms with E-state index in [-0.39, 0.29) is 11.9 Å². The second-order valence-corrected chi connectivity index (χ2v) is 5.03. The number of aliphatic hydroxyl groups is 1. The summed E-state index contributed by atoms with van der Waals surface area (Å²) in [5.74, 6) is 0.312. The normalized spacial score (nSPS) is 23.8. The highest BCUT2D eigenvalue weighted by molar-refractivity contribution is 5.46. The van der Waals surface area contributed by atoms with Crippen LogP contribution in [0.15, 0.2) is 18.2 Å². The van der Waals surface area contributed by atoms with Crippen molar-refractivity contribution in [1.82, 2.24) is 4.90 Å². The largest absolute Gasteiger partial charge is 0.398 e. The topological polar surface area (TPSA) is 49.5 Å². The molecule has 0 aliphatic heterocycles. The Labute approximate surface area is 101 Å². The summed E-state index contributed by atoms with van der Waals surface area (Å²) in [5, 5.41) is 9.21. The summed E-state index contributed by atoms with van der Waals surface area (Å²) in [5.41, 5.74) is 7.26. The average Bonchev–Trinajstić information content (AvgIpc) is 2.21. The Bertz CT molecular complexity index is 391. The van der Waals surface area contributed by atoms with Gasteiger partial charge in [-0.1, -0.05) is 0 Å². The van der Waals surface area contributed by atoms with Crippen LogP contribution in [0.3, 0.4) is 0 Å². The van der Waals surface area contributed by atoms with Gasteiger partial charge in [0.1, 0.15) is 5.82 Å². The summed E-state index contributed by atoms with van der Waals surface area (Å²) in [6.07, 6.45) is 1.64. The zero-order valence-corrected chi connectivity index (χ0v) is 10.1. The van der Waals surface area contributed by atoms with Gasteiger partial charge in [0, 0.05) is 18.8 Å². The molecule has 4 heteroatoms. The lowest BCUT2D eigenvalue weighted by Crippen LogP contribution is -2.36. The van der Waals surface area contributed by atoms with Crippen LogP contribution < -0.4 is 5.73 Å². The molecule has 1 aromatic carbocycles. The van der Waals surface area contributed by atoms with Crippen LogP contribution >= 0.6 is 0 Å². The van der Waals surface area contributed by atoms with Gasteiger partial charge in [0.25, 0.3) is 0 Å². The predicted molar refractivity (Wildman–Crippen MR) is 65.9 cm³/mol. The van der Waals surface area contributed by atoms with Gasteiger partial charge in [0.2, 0.25) is 0 Å². The Kier molecular flexibility index (Phi) is 3.64. The van der Waals surface area contributed by atoms with E-state index in [0.717, 1.165) is 24.9 Å². The molecule has 1 fully saturated rings. The summed E-state index contributed by atoms with van der Waals surface area (Å²) >= 11 is 0. The third-order valence-corrected chi connectivity index (χ3v) is 3.33. The van der Waals surface area contributed by atoms with E-state index in [4.69, 9.17) is 5.73 Å². The highest BCUT2D eigenvalue weighted by Gasteiger charge is 2.27. The van der Waals surface area contributed by atoms with Crippen molar-refractivity contribution in [2.24, 2.45) is 5.92 Å². The molecule has 1 aliphatic carbocycles. The number of nitrogens with two attached hydrogens (primary N) is 1. The zero-order valence-electron chi connectivity index (χ0n) is 10.1. The van der Waals surface area contributed by atoms with Crippen LogP contribution in [-0.4, -0.2) is 29.7 Å². The SMILES string of the molecule is CN(Cc1cc(F)ccc1N)CC1CC(O)C1. The molecule has 1 aliphatic rings. The maximum Gasteiger partial charge on any atom is 0.123 e. The van der Waals surface area contributed by atoms with E-state index in [1.54, 1.807) is 6.07 Å². The fourth-order valence-electron chi connectivity index (χ4n) is 2.36. The number of hydrogen-bond donors (Lipinski definition) is 2. The third-order valence-electron chi connectivity index (χ3n) is 3.33. The van der Waals surface area contributed by atoms with Gasteiger partial charge in [-0.15, -0.1) is 0 Å². The first-order valence-corrected chi connectivity index (χ1v) is 5.95. The van der Waals surface area contributed by atoms with Gasteiger partial charge in [-0.25, -0.2) is 4.39 Å². The first-order chi connectivity index (χ1) is 8.04. The van der Waals surface area contributed by atoms with Gasteiger partial charge in [0.15, 0.2) is 0 Å². The Morgan fingerprint density at radius 2 is 2.18 bits per heavy atom. The van der Waals surface area contributed by atoms with Crippen LogP contribution in [0.4, 0.5) is 10.1 Å². The molecule has 0 radical (unpaired) electrons. The van der Waals surface area contributed by atoms with Crippen molar-refractivity contribution < 1.29 is 9.50 Å². The van der Waals surface area contributed by atoms with Crippen molar-refractivity contribution in [3.63, 3.8) is 0 Å². The number of halogens is 1. The minimum absolute atomic E-state index is 0.118. The second kappa shape index (κ2) is 5.02. The summed E-state index contributed by atoms with van der Waals surface area (Å²) < 4.78 is 13.1. The van der Waals surface area contributed by atoms with Gasteiger partial charge in [-0.05, 0) is 49.6 Å². The number of anilines is 1.